The Bertz CT molecular complexity index is 848. The number of rotatable bonds is 4. The lowest BCUT2D eigenvalue weighted by molar-refractivity contribution is 0.0635. The van der Waals surface area contributed by atoms with Crippen LogP contribution in [0.2, 0.25) is 0 Å². The number of anilines is 1. The molecule has 2 N–H and O–H groups in total. The van der Waals surface area contributed by atoms with Crippen LogP contribution in [0.1, 0.15) is 42.3 Å². The maximum Gasteiger partial charge on any atom is 0.412 e. The molecule has 0 aliphatic rings. The normalized spacial score (nSPS) is 10.5. The van der Waals surface area contributed by atoms with Gasteiger partial charge in [-0.05, 0) is 56.7 Å². The fraction of sp³-hybridized carbons (Fsp3) is 0.250. The van der Waals surface area contributed by atoms with Crippen molar-refractivity contribution in [2.24, 2.45) is 0 Å². The fourth-order valence-corrected chi connectivity index (χ4v) is 2.19. The first-order chi connectivity index (χ1) is 12.3. The van der Waals surface area contributed by atoms with E-state index in [0.717, 1.165) is 5.56 Å². The van der Waals surface area contributed by atoms with Gasteiger partial charge in [-0.25, -0.2) is 4.79 Å². The highest BCUT2D eigenvalue weighted by molar-refractivity contribution is 5.96. The minimum absolute atomic E-state index is 0.278. The Morgan fingerprint density at radius 3 is 2.54 bits per heavy atom. The molecule has 0 spiro atoms. The van der Waals surface area contributed by atoms with Crippen LogP contribution in [0.5, 0.6) is 0 Å². The molecule has 134 valence electrons. The van der Waals surface area contributed by atoms with Crippen LogP contribution in [0.25, 0.3) is 0 Å². The summed E-state index contributed by atoms with van der Waals surface area (Å²) in [5.41, 5.74) is 1.66. The molecule has 0 heterocycles. The molecule has 6 heteroatoms. The number of carbonyl (C=O) groups is 2. The molecular weight excluding hydrogens is 330 g/mol. The van der Waals surface area contributed by atoms with Crippen LogP contribution in [0.15, 0.2) is 48.5 Å². The highest BCUT2D eigenvalue weighted by atomic mass is 16.6. The molecule has 2 aromatic rings. The smallest absolute Gasteiger partial charge is 0.412 e. The molecule has 0 aliphatic heterocycles. The number of hydrogen-bond donors (Lipinski definition) is 2. The van der Waals surface area contributed by atoms with Gasteiger partial charge in [-0.2, -0.15) is 5.26 Å². The first-order valence-electron chi connectivity index (χ1n) is 8.14. The van der Waals surface area contributed by atoms with Crippen LogP contribution in [0.3, 0.4) is 0 Å². The van der Waals surface area contributed by atoms with E-state index in [4.69, 9.17) is 10.00 Å². The molecule has 26 heavy (non-hydrogen) atoms. The van der Waals surface area contributed by atoms with Gasteiger partial charge in [-0.3, -0.25) is 10.1 Å². The molecule has 0 aromatic heterocycles. The molecule has 2 rings (SSSR count). The SMILES string of the molecule is CC(C)(C)OC(=O)Nc1cccc(C(=O)NCc2cccc(C#N)c2)c1. The first kappa shape index (κ1) is 19.0. The molecule has 0 fully saturated rings. The molecule has 2 amide bonds. The van der Waals surface area contributed by atoms with Crippen LogP contribution in [-0.4, -0.2) is 17.6 Å². The van der Waals surface area contributed by atoms with E-state index in [9.17, 15) is 9.59 Å². The van der Waals surface area contributed by atoms with Gasteiger partial charge >= 0.3 is 6.09 Å². The molecule has 2 aromatic carbocycles. The predicted molar refractivity (Wildman–Crippen MR) is 98.6 cm³/mol. The van der Waals surface area contributed by atoms with Crippen molar-refractivity contribution in [2.45, 2.75) is 32.9 Å². The van der Waals surface area contributed by atoms with Gasteiger partial charge in [0.1, 0.15) is 5.60 Å². The third-order valence-corrected chi connectivity index (χ3v) is 3.28. The molecule has 0 bridgehead atoms. The van der Waals surface area contributed by atoms with Crippen molar-refractivity contribution in [3.8, 4) is 6.07 Å². The van der Waals surface area contributed by atoms with Crippen molar-refractivity contribution in [1.29, 1.82) is 5.26 Å². The van der Waals surface area contributed by atoms with Crippen LogP contribution >= 0.6 is 0 Å². The minimum atomic E-state index is -0.600. The monoisotopic (exact) mass is 351 g/mol. The van der Waals surface area contributed by atoms with E-state index in [1.807, 2.05) is 6.07 Å². The van der Waals surface area contributed by atoms with Gasteiger partial charge in [-0.15, -0.1) is 0 Å². The Labute approximate surface area is 152 Å². The van der Waals surface area contributed by atoms with Crippen molar-refractivity contribution in [1.82, 2.24) is 5.32 Å². The first-order valence-corrected chi connectivity index (χ1v) is 8.14. The van der Waals surface area contributed by atoms with Gasteiger partial charge in [0.2, 0.25) is 0 Å². The number of carbonyl (C=O) groups excluding carboxylic acids is 2. The van der Waals surface area contributed by atoms with Crippen LogP contribution < -0.4 is 10.6 Å². The number of hydrogen-bond acceptors (Lipinski definition) is 4. The molecule has 0 saturated carbocycles. The van der Waals surface area contributed by atoms with Crippen LogP contribution in [0, 0.1) is 11.3 Å². The van der Waals surface area contributed by atoms with E-state index in [-0.39, 0.29) is 5.91 Å². The van der Waals surface area contributed by atoms with E-state index in [2.05, 4.69) is 16.7 Å². The van der Waals surface area contributed by atoms with Crippen molar-refractivity contribution in [3.63, 3.8) is 0 Å². The van der Waals surface area contributed by atoms with E-state index in [1.54, 1.807) is 63.2 Å². The lowest BCUT2D eigenvalue weighted by atomic mass is 10.1. The minimum Gasteiger partial charge on any atom is -0.444 e. The lowest BCUT2D eigenvalue weighted by Gasteiger charge is -2.19. The second kappa shape index (κ2) is 8.17. The summed E-state index contributed by atoms with van der Waals surface area (Å²) in [6, 6.07) is 15.7. The number of benzene rings is 2. The van der Waals surface area contributed by atoms with Crippen LogP contribution in [-0.2, 0) is 11.3 Å². The maximum absolute atomic E-state index is 12.3. The summed E-state index contributed by atoms with van der Waals surface area (Å²) in [6.07, 6.45) is -0.580. The molecule has 6 nitrogen and oxygen atoms in total. The summed E-state index contributed by atoms with van der Waals surface area (Å²) in [5, 5.41) is 14.3. The lowest BCUT2D eigenvalue weighted by Crippen LogP contribution is -2.27. The van der Waals surface area contributed by atoms with Crippen molar-refractivity contribution in [3.05, 3.63) is 65.2 Å². The third-order valence-electron chi connectivity index (χ3n) is 3.28. The summed E-state index contributed by atoms with van der Waals surface area (Å²) in [7, 11) is 0. The summed E-state index contributed by atoms with van der Waals surface area (Å²) >= 11 is 0. The zero-order chi connectivity index (χ0) is 19.2. The molecule has 0 radical (unpaired) electrons. The Morgan fingerprint density at radius 1 is 1.12 bits per heavy atom. The quantitative estimate of drug-likeness (QED) is 0.875. The summed E-state index contributed by atoms with van der Waals surface area (Å²) < 4.78 is 5.19. The number of amides is 2. The molecule has 0 atom stereocenters. The largest absolute Gasteiger partial charge is 0.444 e. The van der Waals surface area contributed by atoms with Gasteiger partial charge in [0.15, 0.2) is 0 Å². The van der Waals surface area contributed by atoms with Crippen molar-refractivity contribution < 1.29 is 14.3 Å². The van der Waals surface area contributed by atoms with Gasteiger partial charge < -0.3 is 10.1 Å². The number of nitriles is 1. The van der Waals surface area contributed by atoms with E-state index < -0.39 is 11.7 Å². The van der Waals surface area contributed by atoms with E-state index in [0.29, 0.717) is 23.4 Å². The highest BCUT2D eigenvalue weighted by Crippen LogP contribution is 2.14. The average molecular weight is 351 g/mol. The fourth-order valence-electron chi connectivity index (χ4n) is 2.19. The van der Waals surface area contributed by atoms with Crippen LogP contribution in [0.4, 0.5) is 10.5 Å². The summed E-state index contributed by atoms with van der Waals surface area (Å²) in [6.45, 7) is 5.63. The van der Waals surface area contributed by atoms with Gasteiger partial charge in [0, 0.05) is 17.8 Å². The zero-order valence-electron chi connectivity index (χ0n) is 15.0. The van der Waals surface area contributed by atoms with E-state index in [1.165, 1.54) is 0 Å². The summed E-state index contributed by atoms with van der Waals surface area (Å²) in [4.78, 5) is 24.1. The topological polar surface area (TPSA) is 91.2 Å². The zero-order valence-corrected chi connectivity index (χ0v) is 15.0. The molecule has 0 aliphatic carbocycles. The third kappa shape index (κ3) is 5.95. The standard InChI is InChI=1S/C20H21N3O3/c1-20(2,3)26-19(25)23-17-9-5-8-16(11-17)18(24)22-13-15-7-4-6-14(10-15)12-21/h4-11H,13H2,1-3H3,(H,22,24)(H,23,25). The Hall–Kier alpha value is -3.33. The second-order valence-electron chi connectivity index (χ2n) is 6.70. The predicted octanol–water partition coefficient (Wildman–Crippen LogP) is 3.84. The number of nitrogens with zero attached hydrogens (tertiary/aromatic N) is 1. The van der Waals surface area contributed by atoms with Crippen molar-refractivity contribution >= 4 is 17.7 Å². The Balaban J connectivity index is 1.99. The van der Waals surface area contributed by atoms with Gasteiger partial charge in [0.25, 0.3) is 5.91 Å². The molecular formula is C20H21N3O3. The molecule has 0 unspecified atom stereocenters. The maximum atomic E-state index is 12.3. The summed E-state index contributed by atoms with van der Waals surface area (Å²) in [5.74, 6) is -0.278. The Morgan fingerprint density at radius 2 is 1.85 bits per heavy atom. The second-order valence-corrected chi connectivity index (χ2v) is 6.70. The number of nitrogens with one attached hydrogen (secondary N) is 2. The van der Waals surface area contributed by atoms with Gasteiger partial charge in [0.05, 0.1) is 11.6 Å². The molecule has 0 saturated heterocycles. The number of ether oxygens (including phenoxy) is 1. The van der Waals surface area contributed by atoms with Crippen molar-refractivity contribution in [2.75, 3.05) is 5.32 Å². The van der Waals surface area contributed by atoms with Gasteiger partial charge in [-0.1, -0.05) is 18.2 Å². The Kier molecular flexibility index (Phi) is 5.97. The highest BCUT2D eigenvalue weighted by Gasteiger charge is 2.16. The average Bonchev–Trinajstić information content (AvgIpc) is 2.58. The van der Waals surface area contributed by atoms with E-state index >= 15 is 0 Å².